The summed E-state index contributed by atoms with van der Waals surface area (Å²) in [4.78, 5) is 11.5. The Kier molecular flexibility index (Phi) is 1.61. The Morgan fingerprint density at radius 3 is 2.69 bits per heavy atom. The number of hydrogen-bond donors (Lipinski definition) is 4. The number of hydrogen-bond acceptors (Lipinski definition) is 5. The van der Waals surface area contributed by atoms with Crippen LogP contribution in [0.3, 0.4) is 0 Å². The van der Waals surface area contributed by atoms with E-state index in [0.717, 1.165) is 5.52 Å². The Bertz CT molecular complexity index is 651. The first kappa shape index (κ1) is 8.72. The van der Waals surface area contributed by atoms with E-state index in [2.05, 4.69) is 25.1 Å². The molecule has 0 atom stereocenters. The topological polar surface area (TPSA) is 122 Å². The van der Waals surface area contributed by atoms with E-state index in [1.807, 2.05) is 6.07 Å². The van der Waals surface area contributed by atoms with Gasteiger partial charge in [-0.1, -0.05) is 0 Å². The summed E-state index contributed by atoms with van der Waals surface area (Å²) >= 11 is 0. The van der Waals surface area contributed by atoms with Gasteiger partial charge in [-0.25, -0.2) is 9.97 Å². The summed E-state index contributed by atoms with van der Waals surface area (Å²) in [7, 11) is 0. The predicted octanol–water partition coefficient (Wildman–Crippen LogP) is 0.512. The van der Waals surface area contributed by atoms with Gasteiger partial charge in [0.25, 0.3) is 0 Å². The second kappa shape index (κ2) is 2.96. The van der Waals surface area contributed by atoms with Crippen molar-refractivity contribution in [2.45, 2.75) is 0 Å². The maximum Gasteiger partial charge on any atom is 0.180 e. The summed E-state index contributed by atoms with van der Waals surface area (Å²) in [5, 5.41) is 6.60. The average molecular weight is 215 g/mol. The van der Waals surface area contributed by atoms with Crippen molar-refractivity contribution in [3.8, 4) is 11.5 Å². The molecule has 16 heavy (non-hydrogen) atoms. The van der Waals surface area contributed by atoms with Crippen LogP contribution in [0.15, 0.2) is 18.2 Å². The summed E-state index contributed by atoms with van der Waals surface area (Å²) in [6, 6.07) is 5.24. The molecule has 0 aliphatic rings. The highest BCUT2D eigenvalue weighted by Crippen LogP contribution is 2.19. The van der Waals surface area contributed by atoms with Crippen LogP contribution in [0.5, 0.6) is 0 Å². The first-order valence-electron chi connectivity index (χ1n) is 4.66. The summed E-state index contributed by atoms with van der Waals surface area (Å²) in [6.45, 7) is 0. The highest BCUT2D eigenvalue weighted by Gasteiger charge is 2.08. The molecule has 0 saturated carbocycles. The lowest BCUT2D eigenvalue weighted by atomic mass is 10.4. The minimum Gasteiger partial charge on any atom is -0.384 e. The third-order valence-corrected chi connectivity index (χ3v) is 2.22. The number of pyridine rings is 1. The van der Waals surface area contributed by atoms with E-state index in [9.17, 15) is 0 Å². The molecule has 0 aliphatic heterocycles. The van der Waals surface area contributed by atoms with Gasteiger partial charge in [0, 0.05) is 6.07 Å². The number of H-pyrrole nitrogens is 2. The summed E-state index contributed by atoms with van der Waals surface area (Å²) in [6.07, 6.45) is 0. The lowest BCUT2D eigenvalue weighted by Crippen LogP contribution is -1.88. The van der Waals surface area contributed by atoms with Crippen LogP contribution in [0.25, 0.3) is 22.7 Å². The number of aromatic amines is 2. The SMILES string of the molecule is Nc1cc(-c2nc3nc(N)ccc3[nH]2)[nH]n1. The maximum atomic E-state index is 5.57. The second-order valence-corrected chi connectivity index (χ2v) is 3.40. The zero-order chi connectivity index (χ0) is 11.1. The lowest BCUT2D eigenvalue weighted by Gasteiger charge is -1.88. The van der Waals surface area contributed by atoms with Gasteiger partial charge in [0.1, 0.15) is 17.3 Å². The number of nitrogen functional groups attached to an aromatic ring is 2. The molecule has 0 saturated heterocycles. The monoisotopic (exact) mass is 215 g/mol. The van der Waals surface area contributed by atoms with Crippen LogP contribution in [0.4, 0.5) is 11.6 Å². The number of nitrogens with zero attached hydrogens (tertiary/aromatic N) is 3. The van der Waals surface area contributed by atoms with Crippen LogP contribution in [0, 0.1) is 0 Å². The number of fused-ring (bicyclic) bond motifs is 1. The normalized spacial score (nSPS) is 11.0. The van der Waals surface area contributed by atoms with E-state index in [-0.39, 0.29) is 0 Å². The zero-order valence-electron chi connectivity index (χ0n) is 8.23. The van der Waals surface area contributed by atoms with Crippen molar-refractivity contribution in [2.24, 2.45) is 0 Å². The van der Waals surface area contributed by atoms with Crippen molar-refractivity contribution in [3.05, 3.63) is 18.2 Å². The zero-order valence-corrected chi connectivity index (χ0v) is 8.23. The number of nitrogens with one attached hydrogen (secondary N) is 2. The molecule has 3 heterocycles. The fourth-order valence-electron chi connectivity index (χ4n) is 1.49. The molecule has 80 valence electrons. The quantitative estimate of drug-likeness (QED) is 0.471. The number of nitrogens with two attached hydrogens (primary N) is 2. The first-order chi connectivity index (χ1) is 7.72. The number of anilines is 2. The smallest absolute Gasteiger partial charge is 0.180 e. The number of rotatable bonds is 1. The fraction of sp³-hybridized carbons (Fsp3) is 0. The van der Waals surface area contributed by atoms with Gasteiger partial charge in [0.2, 0.25) is 0 Å². The highest BCUT2D eigenvalue weighted by molar-refractivity contribution is 5.76. The Hall–Kier alpha value is -2.57. The van der Waals surface area contributed by atoms with Crippen LogP contribution in [-0.2, 0) is 0 Å². The molecule has 7 nitrogen and oxygen atoms in total. The molecule has 0 radical (unpaired) electrons. The van der Waals surface area contributed by atoms with Crippen molar-refractivity contribution in [1.82, 2.24) is 25.1 Å². The molecule has 7 heteroatoms. The summed E-state index contributed by atoms with van der Waals surface area (Å²) < 4.78 is 0. The lowest BCUT2D eigenvalue weighted by molar-refractivity contribution is 1.09. The third kappa shape index (κ3) is 1.26. The van der Waals surface area contributed by atoms with Crippen molar-refractivity contribution in [1.29, 1.82) is 0 Å². The van der Waals surface area contributed by atoms with E-state index in [1.54, 1.807) is 12.1 Å². The van der Waals surface area contributed by atoms with E-state index >= 15 is 0 Å². The van der Waals surface area contributed by atoms with Gasteiger partial charge in [0.15, 0.2) is 11.5 Å². The fourth-order valence-corrected chi connectivity index (χ4v) is 1.49. The van der Waals surface area contributed by atoms with Crippen LogP contribution in [0.1, 0.15) is 0 Å². The van der Waals surface area contributed by atoms with Crippen LogP contribution in [-0.4, -0.2) is 25.1 Å². The highest BCUT2D eigenvalue weighted by atomic mass is 15.2. The average Bonchev–Trinajstić information content (AvgIpc) is 2.83. The first-order valence-corrected chi connectivity index (χ1v) is 4.66. The van der Waals surface area contributed by atoms with Crippen LogP contribution in [0.2, 0.25) is 0 Å². The van der Waals surface area contributed by atoms with Crippen molar-refractivity contribution in [2.75, 3.05) is 11.5 Å². The Morgan fingerprint density at radius 1 is 1.06 bits per heavy atom. The summed E-state index contributed by atoms with van der Waals surface area (Å²) in [5.41, 5.74) is 13.2. The molecule has 0 amide bonds. The van der Waals surface area contributed by atoms with E-state index < -0.39 is 0 Å². The molecule has 0 aromatic carbocycles. The van der Waals surface area contributed by atoms with Crippen molar-refractivity contribution < 1.29 is 0 Å². The van der Waals surface area contributed by atoms with Gasteiger partial charge >= 0.3 is 0 Å². The Balaban J connectivity index is 2.18. The minimum absolute atomic E-state index is 0.419. The maximum absolute atomic E-state index is 5.57. The Morgan fingerprint density at radius 2 is 1.94 bits per heavy atom. The van der Waals surface area contributed by atoms with E-state index in [0.29, 0.717) is 28.8 Å². The number of imidazole rings is 1. The number of aromatic nitrogens is 5. The molecular formula is C9H9N7. The molecule has 0 bridgehead atoms. The molecule has 0 aliphatic carbocycles. The van der Waals surface area contributed by atoms with Gasteiger partial charge in [0.05, 0.1) is 5.52 Å². The van der Waals surface area contributed by atoms with Gasteiger partial charge in [-0.15, -0.1) is 0 Å². The largest absolute Gasteiger partial charge is 0.384 e. The molecular weight excluding hydrogens is 206 g/mol. The summed E-state index contributed by atoms with van der Waals surface area (Å²) in [5.74, 6) is 1.50. The van der Waals surface area contributed by atoms with E-state index in [4.69, 9.17) is 11.5 Å². The Labute approximate surface area is 89.9 Å². The minimum atomic E-state index is 0.419. The van der Waals surface area contributed by atoms with Gasteiger partial charge in [-0.05, 0) is 12.1 Å². The van der Waals surface area contributed by atoms with E-state index in [1.165, 1.54) is 0 Å². The van der Waals surface area contributed by atoms with Gasteiger partial charge < -0.3 is 16.5 Å². The standard InChI is InChI=1S/C9H9N7/c10-6-2-1-4-8(13-6)14-9(12-4)5-3-7(11)16-15-5/h1-3H,(H3,11,15,16)(H3,10,12,13,14). The van der Waals surface area contributed by atoms with Gasteiger partial charge in [-0.3, -0.25) is 5.10 Å². The molecule has 3 aromatic rings. The van der Waals surface area contributed by atoms with Crippen LogP contribution < -0.4 is 11.5 Å². The molecule has 6 N–H and O–H groups in total. The molecule has 0 spiro atoms. The van der Waals surface area contributed by atoms with Gasteiger partial charge in [-0.2, -0.15) is 5.10 Å². The molecule has 0 fully saturated rings. The molecule has 3 aromatic heterocycles. The van der Waals surface area contributed by atoms with Crippen molar-refractivity contribution >= 4 is 22.8 Å². The van der Waals surface area contributed by atoms with Crippen molar-refractivity contribution in [3.63, 3.8) is 0 Å². The predicted molar refractivity (Wildman–Crippen MR) is 60.3 cm³/mol. The van der Waals surface area contributed by atoms with Crippen LogP contribution >= 0.6 is 0 Å². The second-order valence-electron chi connectivity index (χ2n) is 3.40. The third-order valence-electron chi connectivity index (χ3n) is 2.22. The molecule has 0 unspecified atom stereocenters. The molecule has 3 rings (SSSR count).